The van der Waals surface area contributed by atoms with Crippen molar-refractivity contribution in [2.45, 2.75) is 25.8 Å². The highest BCUT2D eigenvalue weighted by atomic mass is 79.9. The summed E-state index contributed by atoms with van der Waals surface area (Å²) >= 11 is 3.45. The minimum absolute atomic E-state index is 0.191. The summed E-state index contributed by atoms with van der Waals surface area (Å²) < 4.78 is 12.0. The number of hydrazine groups is 1. The lowest BCUT2D eigenvalue weighted by Gasteiger charge is -2.15. The van der Waals surface area contributed by atoms with Crippen LogP contribution >= 0.6 is 15.9 Å². The van der Waals surface area contributed by atoms with Crippen LogP contribution in [-0.2, 0) is 0 Å². The van der Waals surface area contributed by atoms with Gasteiger partial charge in [-0.25, -0.2) is 5.43 Å². The molecule has 0 spiro atoms. The fourth-order valence-corrected chi connectivity index (χ4v) is 2.36. The van der Waals surface area contributed by atoms with E-state index in [1.165, 1.54) is 0 Å². The van der Waals surface area contributed by atoms with Crippen molar-refractivity contribution in [1.29, 1.82) is 0 Å². The molecular weight excluding hydrogens is 320 g/mol. The number of hydrogen-bond acceptors (Lipinski definition) is 4. The summed E-state index contributed by atoms with van der Waals surface area (Å²) in [5.74, 6) is 7.27. The molecule has 0 amide bonds. The lowest BCUT2D eigenvalue weighted by Crippen LogP contribution is -2.28. The molecule has 0 fully saturated rings. The number of unbranched alkanes of at least 4 members (excludes halogenated alkanes) is 1. The van der Waals surface area contributed by atoms with Crippen molar-refractivity contribution < 1.29 is 9.15 Å². The zero-order valence-corrected chi connectivity index (χ0v) is 13.0. The van der Waals surface area contributed by atoms with Gasteiger partial charge in [0.15, 0.2) is 0 Å². The Kier molecular flexibility index (Phi) is 5.64. The molecule has 20 heavy (non-hydrogen) atoms. The molecule has 0 aliphatic rings. The first kappa shape index (κ1) is 15.1. The molecule has 0 saturated heterocycles. The van der Waals surface area contributed by atoms with Gasteiger partial charge in [0.2, 0.25) is 0 Å². The normalized spacial score (nSPS) is 12.3. The molecule has 2 rings (SSSR count). The fraction of sp³-hybridized carbons (Fsp3) is 0.333. The van der Waals surface area contributed by atoms with E-state index in [2.05, 4.69) is 28.3 Å². The van der Waals surface area contributed by atoms with E-state index in [0.717, 1.165) is 41.0 Å². The standard InChI is InChI=1S/C15H19BrN2O2/c1-2-3-9-19-12-6-4-11(5-7-12)14(18-17)15-13(16)8-10-20-15/h4-8,10,14,18H,2-3,9,17H2,1H3. The third kappa shape index (κ3) is 3.62. The van der Waals surface area contributed by atoms with E-state index in [4.69, 9.17) is 15.0 Å². The first-order valence-corrected chi connectivity index (χ1v) is 7.47. The molecule has 0 aliphatic carbocycles. The second-order valence-electron chi connectivity index (χ2n) is 4.50. The van der Waals surface area contributed by atoms with E-state index in [-0.39, 0.29) is 6.04 Å². The molecule has 1 aromatic heterocycles. The summed E-state index contributed by atoms with van der Waals surface area (Å²) in [5.41, 5.74) is 3.79. The Bertz CT molecular complexity index is 525. The molecule has 3 N–H and O–H groups in total. The minimum Gasteiger partial charge on any atom is -0.494 e. The van der Waals surface area contributed by atoms with Crippen LogP contribution < -0.4 is 16.0 Å². The van der Waals surface area contributed by atoms with Gasteiger partial charge in [-0.1, -0.05) is 25.5 Å². The van der Waals surface area contributed by atoms with E-state index in [1.54, 1.807) is 6.26 Å². The third-order valence-electron chi connectivity index (χ3n) is 3.05. The number of benzene rings is 1. The molecule has 2 aromatic rings. The number of hydrogen-bond donors (Lipinski definition) is 2. The van der Waals surface area contributed by atoms with Gasteiger partial charge in [-0.3, -0.25) is 5.84 Å². The summed E-state index contributed by atoms with van der Waals surface area (Å²) in [6, 6.07) is 9.53. The predicted octanol–water partition coefficient (Wildman–Crippen LogP) is 3.77. The molecule has 0 aliphatic heterocycles. The SMILES string of the molecule is CCCCOc1ccc(C(NN)c2occc2Br)cc1. The van der Waals surface area contributed by atoms with Crippen molar-refractivity contribution in [2.24, 2.45) is 5.84 Å². The van der Waals surface area contributed by atoms with Crippen LogP contribution in [0.15, 0.2) is 45.5 Å². The van der Waals surface area contributed by atoms with Crippen molar-refractivity contribution in [1.82, 2.24) is 5.43 Å². The van der Waals surface area contributed by atoms with Gasteiger partial charge in [0.25, 0.3) is 0 Å². The van der Waals surface area contributed by atoms with Gasteiger partial charge in [-0.2, -0.15) is 0 Å². The Labute approximate surface area is 127 Å². The predicted molar refractivity (Wildman–Crippen MR) is 82.4 cm³/mol. The first-order valence-electron chi connectivity index (χ1n) is 6.68. The van der Waals surface area contributed by atoms with Gasteiger partial charge in [0, 0.05) is 0 Å². The average molecular weight is 339 g/mol. The van der Waals surface area contributed by atoms with Crippen LogP contribution in [0.2, 0.25) is 0 Å². The molecule has 1 unspecified atom stereocenters. The zero-order valence-electron chi connectivity index (χ0n) is 11.4. The summed E-state index contributed by atoms with van der Waals surface area (Å²) in [6.45, 7) is 2.89. The number of furan rings is 1. The van der Waals surface area contributed by atoms with Crippen molar-refractivity contribution in [3.63, 3.8) is 0 Å². The smallest absolute Gasteiger partial charge is 0.140 e. The molecule has 1 aromatic carbocycles. The van der Waals surface area contributed by atoms with E-state index < -0.39 is 0 Å². The molecular formula is C15H19BrN2O2. The van der Waals surface area contributed by atoms with Gasteiger partial charge >= 0.3 is 0 Å². The monoisotopic (exact) mass is 338 g/mol. The number of halogens is 1. The first-order chi connectivity index (χ1) is 9.76. The number of nitrogens with one attached hydrogen (secondary N) is 1. The van der Waals surface area contributed by atoms with Crippen LogP contribution in [0.25, 0.3) is 0 Å². The van der Waals surface area contributed by atoms with Gasteiger partial charge in [-0.15, -0.1) is 0 Å². The molecule has 1 heterocycles. The zero-order chi connectivity index (χ0) is 14.4. The Morgan fingerprint density at radius 2 is 2.05 bits per heavy atom. The Morgan fingerprint density at radius 3 is 2.60 bits per heavy atom. The van der Waals surface area contributed by atoms with Gasteiger partial charge in [-0.05, 0) is 46.1 Å². The third-order valence-corrected chi connectivity index (χ3v) is 3.71. The van der Waals surface area contributed by atoms with Crippen LogP contribution in [0.5, 0.6) is 5.75 Å². The Morgan fingerprint density at radius 1 is 1.30 bits per heavy atom. The summed E-state index contributed by atoms with van der Waals surface area (Å²) in [6.07, 6.45) is 3.82. The molecule has 1 atom stereocenters. The lowest BCUT2D eigenvalue weighted by molar-refractivity contribution is 0.309. The van der Waals surface area contributed by atoms with Gasteiger partial charge < -0.3 is 9.15 Å². The largest absolute Gasteiger partial charge is 0.494 e. The van der Waals surface area contributed by atoms with Crippen molar-refractivity contribution in [3.05, 3.63) is 52.4 Å². The highest BCUT2D eigenvalue weighted by Crippen LogP contribution is 2.29. The van der Waals surface area contributed by atoms with Crippen LogP contribution in [0.1, 0.15) is 37.1 Å². The molecule has 0 bridgehead atoms. The van der Waals surface area contributed by atoms with Crippen molar-refractivity contribution >= 4 is 15.9 Å². The van der Waals surface area contributed by atoms with E-state index in [1.807, 2.05) is 30.3 Å². The molecule has 108 valence electrons. The van der Waals surface area contributed by atoms with Gasteiger partial charge in [0.1, 0.15) is 17.6 Å². The quantitative estimate of drug-likeness (QED) is 0.458. The second-order valence-corrected chi connectivity index (χ2v) is 5.36. The van der Waals surface area contributed by atoms with Gasteiger partial charge in [0.05, 0.1) is 17.3 Å². The van der Waals surface area contributed by atoms with Crippen molar-refractivity contribution in [3.8, 4) is 5.75 Å². The van der Waals surface area contributed by atoms with E-state index in [9.17, 15) is 0 Å². The van der Waals surface area contributed by atoms with E-state index >= 15 is 0 Å². The minimum atomic E-state index is -0.191. The van der Waals surface area contributed by atoms with Crippen molar-refractivity contribution in [2.75, 3.05) is 6.61 Å². The van der Waals surface area contributed by atoms with Crippen LogP contribution in [0.4, 0.5) is 0 Å². The maximum absolute atomic E-state index is 5.64. The molecule has 0 saturated carbocycles. The summed E-state index contributed by atoms with van der Waals surface area (Å²) in [7, 11) is 0. The Hall–Kier alpha value is -1.30. The second kappa shape index (κ2) is 7.47. The van der Waals surface area contributed by atoms with Crippen LogP contribution in [-0.4, -0.2) is 6.61 Å². The lowest BCUT2D eigenvalue weighted by atomic mass is 10.1. The fourth-order valence-electron chi connectivity index (χ4n) is 1.93. The maximum atomic E-state index is 5.64. The highest BCUT2D eigenvalue weighted by Gasteiger charge is 2.18. The van der Waals surface area contributed by atoms with E-state index in [0.29, 0.717) is 0 Å². The van der Waals surface area contributed by atoms with Crippen LogP contribution in [0.3, 0.4) is 0 Å². The molecule has 0 radical (unpaired) electrons. The van der Waals surface area contributed by atoms with Crippen LogP contribution in [0, 0.1) is 0 Å². The summed E-state index contributed by atoms with van der Waals surface area (Å²) in [4.78, 5) is 0. The number of ether oxygens (including phenoxy) is 1. The topological polar surface area (TPSA) is 60.4 Å². The number of nitrogens with two attached hydrogens (primary N) is 1. The Balaban J connectivity index is 2.10. The maximum Gasteiger partial charge on any atom is 0.140 e. The number of rotatable bonds is 7. The molecule has 5 heteroatoms. The summed E-state index contributed by atoms with van der Waals surface area (Å²) in [5, 5.41) is 0. The molecule has 4 nitrogen and oxygen atoms in total. The average Bonchev–Trinajstić information content (AvgIpc) is 2.88. The highest BCUT2D eigenvalue weighted by molar-refractivity contribution is 9.10.